The maximum Gasteiger partial charge on any atom is 0.151 e. The highest BCUT2D eigenvalue weighted by atomic mass is 32.2. The van der Waals surface area contributed by atoms with Crippen molar-refractivity contribution in [1.82, 2.24) is 10.2 Å². The number of likely N-dealkylation sites (N-methyl/N-ethyl adjacent to an activating group) is 1. The topological polar surface area (TPSA) is 58.6 Å². The van der Waals surface area contributed by atoms with Gasteiger partial charge in [0.1, 0.15) is 0 Å². The Hall–Kier alpha value is -0.170. The van der Waals surface area contributed by atoms with Crippen molar-refractivity contribution in [1.29, 1.82) is 0 Å². The fourth-order valence-electron chi connectivity index (χ4n) is 2.36. The Balaban J connectivity index is 1.81. The van der Waals surface area contributed by atoms with E-state index >= 15 is 0 Å². The lowest BCUT2D eigenvalue weighted by molar-refractivity contribution is 0.0610. The van der Waals surface area contributed by atoms with E-state index in [0.29, 0.717) is 17.5 Å². The molecule has 1 N–H and O–H groups in total. The molecule has 2 saturated heterocycles. The van der Waals surface area contributed by atoms with E-state index in [4.69, 9.17) is 4.74 Å². The van der Waals surface area contributed by atoms with Crippen molar-refractivity contribution in [2.45, 2.75) is 18.5 Å². The molecule has 0 aromatic rings. The number of rotatable bonds is 3. The second-order valence-electron chi connectivity index (χ2n) is 4.72. The van der Waals surface area contributed by atoms with Gasteiger partial charge in [-0.05, 0) is 13.5 Å². The quantitative estimate of drug-likeness (QED) is 0.701. The van der Waals surface area contributed by atoms with E-state index in [-0.39, 0.29) is 6.04 Å². The first kappa shape index (κ1) is 12.3. The lowest BCUT2D eigenvalue weighted by atomic mass is 10.2. The van der Waals surface area contributed by atoms with E-state index in [2.05, 4.69) is 10.2 Å². The second-order valence-corrected chi connectivity index (χ2v) is 6.95. The van der Waals surface area contributed by atoms with Crippen LogP contribution >= 0.6 is 0 Å². The number of hydrogen-bond acceptors (Lipinski definition) is 5. The van der Waals surface area contributed by atoms with E-state index in [0.717, 1.165) is 32.7 Å². The van der Waals surface area contributed by atoms with Crippen LogP contribution in [0.15, 0.2) is 0 Å². The van der Waals surface area contributed by atoms with E-state index in [9.17, 15) is 8.42 Å². The first-order chi connectivity index (χ1) is 7.57. The van der Waals surface area contributed by atoms with Gasteiger partial charge in [-0.3, -0.25) is 0 Å². The summed E-state index contributed by atoms with van der Waals surface area (Å²) < 4.78 is 28.1. The maximum atomic E-state index is 11.4. The first-order valence-electron chi connectivity index (χ1n) is 5.78. The van der Waals surface area contributed by atoms with Crippen LogP contribution in [-0.2, 0) is 14.6 Å². The number of ether oxygens (including phenoxy) is 1. The summed E-state index contributed by atoms with van der Waals surface area (Å²) in [5.41, 5.74) is 0. The zero-order valence-corrected chi connectivity index (χ0v) is 10.5. The van der Waals surface area contributed by atoms with Crippen molar-refractivity contribution < 1.29 is 13.2 Å². The Bertz CT molecular complexity index is 325. The molecule has 5 nitrogen and oxygen atoms in total. The van der Waals surface area contributed by atoms with Crippen LogP contribution in [0, 0.1) is 0 Å². The van der Waals surface area contributed by atoms with Crippen LogP contribution in [0.5, 0.6) is 0 Å². The molecule has 0 aliphatic carbocycles. The molecule has 0 aromatic heterocycles. The van der Waals surface area contributed by atoms with E-state index < -0.39 is 9.84 Å². The summed E-state index contributed by atoms with van der Waals surface area (Å²) in [6.07, 6.45) is 0.770. The van der Waals surface area contributed by atoms with E-state index in [1.54, 1.807) is 0 Å². The third-order valence-corrected chi connectivity index (χ3v) is 5.09. The molecule has 2 rings (SSSR count). The van der Waals surface area contributed by atoms with Gasteiger partial charge in [-0.25, -0.2) is 8.42 Å². The molecular formula is C10H20N2O3S. The third-order valence-electron chi connectivity index (χ3n) is 3.34. The Labute approximate surface area is 97.1 Å². The monoisotopic (exact) mass is 248 g/mol. The molecule has 2 atom stereocenters. The standard InChI is InChI=1S/C10H20N2O3S/c1-12(6-9-7-15-4-3-11-9)10-2-5-16(13,14)8-10/h9-11H,2-8H2,1H3. The second kappa shape index (κ2) is 5.00. The van der Waals surface area contributed by atoms with Crippen molar-refractivity contribution in [3.05, 3.63) is 0 Å². The summed E-state index contributed by atoms with van der Waals surface area (Å²) in [7, 11) is -0.773. The van der Waals surface area contributed by atoms with Gasteiger partial charge in [0.05, 0.1) is 24.7 Å². The predicted octanol–water partition coefficient (Wildman–Crippen LogP) is -0.906. The van der Waals surface area contributed by atoms with Gasteiger partial charge >= 0.3 is 0 Å². The zero-order valence-electron chi connectivity index (χ0n) is 9.68. The smallest absolute Gasteiger partial charge is 0.151 e. The number of nitrogens with one attached hydrogen (secondary N) is 1. The zero-order chi connectivity index (χ0) is 11.6. The van der Waals surface area contributed by atoms with Gasteiger partial charge in [-0.1, -0.05) is 0 Å². The summed E-state index contributed by atoms with van der Waals surface area (Å²) in [6.45, 7) is 3.25. The molecular weight excluding hydrogens is 228 g/mol. The Morgan fingerprint density at radius 2 is 2.31 bits per heavy atom. The molecule has 0 spiro atoms. The number of sulfone groups is 1. The molecule has 0 radical (unpaired) electrons. The minimum absolute atomic E-state index is 0.189. The number of morpholine rings is 1. The summed E-state index contributed by atoms with van der Waals surface area (Å²) >= 11 is 0. The molecule has 0 amide bonds. The highest BCUT2D eigenvalue weighted by Crippen LogP contribution is 2.16. The van der Waals surface area contributed by atoms with Gasteiger partial charge in [0, 0.05) is 25.2 Å². The SMILES string of the molecule is CN(CC1COCCN1)C1CCS(=O)(=O)C1. The van der Waals surface area contributed by atoms with Gasteiger partial charge in [0.15, 0.2) is 9.84 Å². The highest BCUT2D eigenvalue weighted by Gasteiger charge is 2.31. The summed E-state index contributed by atoms with van der Waals surface area (Å²) in [4.78, 5) is 2.15. The van der Waals surface area contributed by atoms with Crippen molar-refractivity contribution in [2.24, 2.45) is 0 Å². The molecule has 0 saturated carbocycles. The van der Waals surface area contributed by atoms with Crippen molar-refractivity contribution >= 4 is 9.84 Å². The number of hydrogen-bond donors (Lipinski definition) is 1. The molecule has 2 aliphatic heterocycles. The van der Waals surface area contributed by atoms with Gasteiger partial charge in [-0.15, -0.1) is 0 Å². The summed E-state index contributed by atoms with van der Waals surface area (Å²) in [5, 5.41) is 3.38. The van der Waals surface area contributed by atoms with Crippen LogP contribution in [-0.4, -0.2) is 70.3 Å². The molecule has 16 heavy (non-hydrogen) atoms. The van der Waals surface area contributed by atoms with Crippen LogP contribution in [0.1, 0.15) is 6.42 Å². The highest BCUT2D eigenvalue weighted by molar-refractivity contribution is 7.91. The van der Waals surface area contributed by atoms with E-state index in [1.807, 2.05) is 7.05 Å². The average Bonchev–Trinajstić information content (AvgIpc) is 2.60. The minimum Gasteiger partial charge on any atom is -0.378 e. The molecule has 0 aromatic carbocycles. The fraction of sp³-hybridized carbons (Fsp3) is 1.00. The van der Waals surface area contributed by atoms with Crippen molar-refractivity contribution in [2.75, 3.05) is 44.9 Å². The lowest BCUT2D eigenvalue weighted by Gasteiger charge is -2.31. The summed E-state index contributed by atoms with van der Waals surface area (Å²) in [5.74, 6) is 0.660. The predicted molar refractivity (Wildman–Crippen MR) is 62.3 cm³/mol. The molecule has 0 bridgehead atoms. The molecule has 2 unspecified atom stereocenters. The Morgan fingerprint density at radius 3 is 2.88 bits per heavy atom. The molecule has 2 fully saturated rings. The molecule has 2 aliphatic rings. The molecule has 2 heterocycles. The third kappa shape index (κ3) is 3.16. The van der Waals surface area contributed by atoms with Crippen LogP contribution < -0.4 is 5.32 Å². The average molecular weight is 248 g/mol. The van der Waals surface area contributed by atoms with Crippen molar-refractivity contribution in [3.8, 4) is 0 Å². The van der Waals surface area contributed by atoms with Crippen LogP contribution in [0.3, 0.4) is 0 Å². The minimum atomic E-state index is -2.77. The van der Waals surface area contributed by atoms with Gasteiger partial charge in [0.2, 0.25) is 0 Å². The van der Waals surface area contributed by atoms with Gasteiger partial charge in [-0.2, -0.15) is 0 Å². The van der Waals surface area contributed by atoms with Crippen LogP contribution in [0.4, 0.5) is 0 Å². The Morgan fingerprint density at radius 1 is 1.50 bits per heavy atom. The van der Waals surface area contributed by atoms with Gasteiger partial charge < -0.3 is 15.0 Å². The number of nitrogens with zero attached hydrogens (tertiary/aromatic N) is 1. The maximum absolute atomic E-state index is 11.4. The van der Waals surface area contributed by atoms with Crippen molar-refractivity contribution in [3.63, 3.8) is 0 Å². The largest absolute Gasteiger partial charge is 0.378 e. The van der Waals surface area contributed by atoms with E-state index in [1.165, 1.54) is 0 Å². The first-order valence-corrected chi connectivity index (χ1v) is 7.61. The van der Waals surface area contributed by atoms with Crippen LogP contribution in [0.2, 0.25) is 0 Å². The lowest BCUT2D eigenvalue weighted by Crippen LogP contribution is -2.49. The fourth-order valence-corrected chi connectivity index (χ4v) is 4.16. The normalized spacial score (nSPS) is 34.4. The summed E-state index contributed by atoms with van der Waals surface area (Å²) in [6, 6.07) is 0.524. The molecule has 94 valence electrons. The Kier molecular flexibility index (Phi) is 3.84. The molecule has 6 heteroatoms. The van der Waals surface area contributed by atoms with Gasteiger partial charge in [0.25, 0.3) is 0 Å². The van der Waals surface area contributed by atoms with Crippen LogP contribution in [0.25, 0.3) is 0 Å².